The summed E-state index contributed by atoms with van der Waals surface area (Å²) in [5, 5.41) is 7.56. The van der Waals surface area contributed by atoms with E-state index in [9.17, 15) is 0 Å². The predicted octanol–water partition coefficient (Wildman–Crippen LogP) is 2.55. The van der Waals surface area contributed by atoms with Crippen LogP contribution in [0.25, 0.3) is 10.9 Å². The summed E-state index contributed by atoms with van der Waals surface area (Å²) in [4.78, 5) is 12.7. The lowest BCUT2D eigenvalue weighted by molar-refractivity contribution is 1.02. The molecule has 100 valence electrons. The molecule has 5 heteroatoms. The molecule has 0 radical (unpaired) electrons. The number of hydrogen-bond acceptors (Lipinski definition) is 5. The van der Waals surface area contributed by atoms with E-state index in [1.54, 1.807) is 18.5 Å². The highest BCUT2D eigenvalue weighted by atomic mass is 15.1. The number of anilines is 2. The molecule has 0 spiro atoms. The van der Waals surface area contributed by atoms with Gasteiger partial charge in [0.15, 0.2) is 0 Å². The van der Waals surface area contributed by atoms with Crippen molar-refractivity contribution in [1.82, 2.24) is 15.0 Å². The van der Waals surface area contributed by atoms with Crippen LogP contribution in [0, 0.1) is 0 Å². The fourth-order valence-electron chi connectivity index (χ4n) is 1.92. The van der Waals surface area contributed by atoms with Crippen molar-refractivity contribution in [2.24, 2.45) is 0 Å². The van der Waals surface area contributed by atoms with Crippen molar-refractivity contribution >= 4 is 22.7 Å². The van der Waals surface area contributed by atoms with Crippen LogP contribution in [0.1, 0.15) is 0 Å². The second-order valence-corrected chi connectivity index (χ2v) is 4.32. The highest BCUT2D eigenvalue weighted by molar-refractivity contribution is 5.80. The van der Waals surface area contributed by atoms with Gasteiger partial charge in [-0.3, -0.25) is 0 Å². The molecule has 0 aliphatic carbocycles. The molecule has 1 aromatic carbocycles. The van der Waals surface area contributed by atoms with Crippen LogP contribution >= 0.6 is 0 Å². The quantitative estimate of drug-likeness (QED) is 0.694. The smallest absolute Gasteiger partial charge is 0.222 e. The van der Waals surface area contributed by atoms with Gasteiger partial charge < -0.3 is 10.6 Å². The summed E-state index contributed by atoms with van der Waals surface area (Å²) < 4.78 is 0. The number of hydrogen-bond donors (Lipinski definition) is 2. The van der Waals surface area contributed by atoms with Gasteiger partial charge in [0.05, 0.1) is 5.52 Å². The van der Waals surface area contributed by atoms with Gasteiger partial charge in [0.2, 0.25) is 5.95 Å². The summed E-state index contributed by atoms with van der Waals surface area (Å²) in [6.45, 7) is 1.49. The van der Waals surface area contributed by atoms with Crippen molar-refractivity contribution in [3.8, 4) is 0 Å². The van der Waals surface area contributed by atoms with E-state index in [1.165, 1.54) is 0 Å². The molecule has 0 bridgehead atoms. The van der Waals surface area contributed by atoms with Gasteiger partial charge in [0.25, 0.3) is 0 Å². The number of rotatable bonds is 5. The van der Waals surface area contributed by atoms with Crippen molar-refractivity contribution in [3.63, 3.8) is 0 Å². The first-order valence-electron chi connectivity index (χ1n) is 6.52. The second kappa shape index (κ2) is 5.97. The highest BCUT2D eigenvalue weighted by Crippen LogP contribution is 2.14. The van der Waals surface area contributed by atoms with E-state index in [4.69, 9.17) is 0 Å². The third-order valence-corrected chi connectivity index (χ3v) is 2.88. The Bertz CT molecular complexity index is 684. The number of nitrogens with one attached hydrogen (secondary N) is 2. The first-order chi connectivity index (χ1) is 9.92. The monoisotopic (exact) mass is 265 g/mol. The number of benzene rings is 1. The van der Waals surface area contributed by atoms with E-state index in [1.807, 2.05) is 24.3 Å². The lowest BCUT2D eigenvalue weighted by Crippen LogP contribution is -2.15. The van der Waals surface area contributed by atoms with Gasteiger partial charge in [-0.05, 0) is 24.3 Å². The minimum atomic E-state index is 0.640. The minimum absolute atomic E-state index is 0.640. The Kier molecular flexibility index (Phi) is 3.68. The summed E-state index contributed by atoms with van der Waals surface area (Å²) in [5.41, 5.74) is 0.997. The lowest BCUT2D eigenvalue weighted by atomic mass is 10.2. The van der Waals surface area contributed by atoms with Crippen molar-refractivity contribution in [2.75, 3.05) is 23.7 Å². The van der Waals surface area contributed by atoms with E-state index >= 15 is 0 Å². The van der Waals surface area contributed by atoms with Crippen LogP contribution in [0.4, 0.5) is 11.8 Å². The summed E-state index contributed by atoms with van der Waals surface area (Å²) in [7, 11) is 0. The molecule has 0 unspecified atom stereocenters. The van der Waals surface area contributed by atoms with Gasteiger partial charge in [0.1, 0.15) is 5.82 Å². The van der Waals surface area contributed by atoms with E-state index < -0.39 is 0 Å². The van der Waals surface area contributed by atoms with Crippen molar-refractivity contribution < 1.29 is 0 Å². The Hall–Kier alpha value is -2.69. The number of para-hydroxylation sites is 1. The molecule has 0 saturated heterocycles. The molecular weight excluding hydrogens is 250 g/mol. The SMILES string of the molecule is c1cnc(NCCNc2ccc3ccccc3n2)nc1. The van der Waals surface area contributed by atoms with E-state index in [2.05, 4.69) is 37.7 Å². The van der Waals surface area contributed by atoms with Gasteiger partial charge in [-0.15, -0.1) is 0 Å². The molecule has 0 aliphatic heterocycles. The average molecular weight is 265 g/mol. The summed E-state index contributed by atoms with van der Waals surface area (Å²) in [6.07, 6.45) is 3.43. The largest absolute Gasteiger partial charge is 0.368 e. The van der Waals surface area contributed by atoms with Crippen LogP contribution in [0.3, 0.4) is 0 Å². The van der Waals surface area contributed by atoms with Crippen molar-refractivity contribution in [2.45, 2.75) is 0 Å². The van der Waals surface area contributed by atoms with Crippen molar-refractivity contribution in [3.05, 3.63) is 54.9 Å². The Morgan fingerprint density at radius 2 is 1.60 bits per heavy atom. The molecule has 0 atom stereocenters. The maximum absolute atomic E-state index is 4.55. The molecule has 0 aliphatic rings. The molecule has 3 rings (SSSR count). The molecule has 2 heterocycles. The molecule has 2 N–H and O–H groups in total. The number of fused-ring (bicyclic) bond motifs is 1. The highest BCUT2D eigenvalue weighted by Gasteiger charge is 1.97. The fourth-order valence-corrected chi connectivity index (χ4v) is 1.92. The molecule has 2 aromatic heterocycles. The molecular formula is C15H15N5. The van der Waals surface area contributed by atoms with Crippen LogP contribution in [0.15, 0.2) is 54.9 Å². The van der Waals surface area contributed by atoms with Crippen LogP contribution in [0.5, 0.6) is 0 Å². The maximum Gasteiger partial charge on any atom is 0.222 e. The Morgan fingerprint density at radius 3 is 2.50 bits per heavy atom. The van der Waals surface area contributed by atoms with E-state index in [0.717, 1.165) is 29.8 Å². The zero-order chi connectivity index (χ0) is 13.6. The molecule has 20 heavy (non-hydrogen) atoms. The Labute approximate surface area is 117 Å². The summed E-state index contributed by atoms with van der Waals surface area (Å²) in [6, 6.07) is 13.9. The van der Waals surface area contributed by atoms with Gasteiger partial charge in [-0.1, -0.05) is 18.2 Å². The van der Waals surface area contributed by atoms with Crippen LogP contribution in [-0.2, 0) is 0 Å². The number of nitrogens with zero attached hydrogens (tertiary/aromatic N) is 3. The zero-order valence-corrected chi connectivity index (χ0v) is 11.0. The van der Waals surface area contributed by atoms with Crippen LogP contribution in [-0.4, -0.2) is 28.0 Å². The van der Waals surface area contributed by atoms with E-state index in [-0.39, 0.29) is 0 Å². The number of aromatic nitrogens is 3. The van der Waals surface area contributed by atoms with Crippen molar-refractivity contribution in [1.29, 1.82) is 0 Å². The predicted molar refractivity (Wildman–Crippen MR) is 80.8 cm³/mol. The second-order valence-electron chi connectivity index (χ2n) is 4.32. The average Bonchev–Trinajstić information content (AvgIpc) is 2.52. The molecule has 3 aromatic rings. The third-order valence-electron chi connectivity index (χ3n) is 2.88. The molecule has 0 fully saturated rings. The molecule has 0 amide bonds. The zero-order valence-electron chi connectivity index (χ0n) is 11.0. The van der Waals surface area contributed by atoms with Gasteiger partial charge in [-0.25, -0.2) is 15.0 Å². The lowest BCUT2D eigenvalue weighted by Gasteiger charge is -2.07. The maximum atomic E-state index is 4.55. The molecule has 5 nitrogen and oxygen atoms in total. The number of pyridine rings is 1. The normalized spacial score (nSPS) is 10.4. The summed E-state index contributed by atoms with van der Waals surface area (Å²) >= 11 is 0. The minimum Gasteiger partial charge on any atom is -0.368 e. The van der Waals surface area contributed by atoms with Gasteiger partial charge in [0, 0.05) is 30.9 Å². The van der Waals surface area contributed by atoms with Crippen LogP contribution < -0.4 is 10.6 Å². The Morgan fingerprint density at radius 1 is 0.800 bits per heavy atom. The van der Waals surface area contributed by atoms with Crippen LogP contribution in [0.2, 0.25) is 0 Å². The molecule has 0 saturated carbocycles. The van der Waals surface area contributed by atoms with E-state index in [0.29, 0.717) is 5.95 Å². The Balaban J connectivity index is 1.55. The van der Waals surface area contributed by atoms with Gasteiger partial charge in [-0.2, -0.15) is 0 Å². The fraction of sp³-hybridized carbons (Fsp3) is 0.133. The van der Waals surface area contributed by atoms with Gasteiger partial charge >= 0.3 is 0 Å². The summed E-state index contributed by atoms with van der Waals surface area (Å²) in [5.74, 6) is 1.51. The standard InChI is InChI=1S/C15H15N5/c1-2-5-13-12(4-1)6-7-14(20-13)16-10-11-19-15-17-8-3-9-18-15/h1-9H,10-11H2,(H,16,20)(H,17,18,19). The topological polar surface area (TPSA) is 62.7 Å². The first-order valence-corrected chi connectivity index (χ1v) is 6.52. The third kappa shape index (κ3) is 3.00. The first kappa shape index (κ1) is 12.3.